The van der Waals surface area contributed by atoms with E-state index in [9.17, 15) is 13.6 Å². The molecule has 31 heavy (non-hydrogen) atoms. The summed E-state index contributed by atoms with van der Waals surface area (Å²) in [5.74, 6) is -1.48. The molecule has 1 saturated heterocycles. The summed E-state index contributed by atoms with van der Waals surface area (Å²) < 4.78 is 26.9. The zero-order valence-corrected chi connectivity index (χ0v) is 16.6. The number of carbonyl (C=O) groups excluding carboxylic acids is 1. The number of aromatic amines is 1. The van der Waals surface area contributed by atoms with E-state index < -0.39 is 11.6 Å². The number of carbonyl (C=O) groups is 1. The number of nitrogens with one attached hydrogen (secondary N) is 2. The van der Waals surface area contributed by atoms with Crippen molar-refractivity contribution >= 4 is 33.8 Å². The monoisotopic (exact) mass is 422 g/mol. The summed E-state index contributed by atoms with van der Waals surface area (Å²) in [5.41, 5.74) is 2.82. The molecule has 2 aromatic heterocycles. The fourth-order valence-corrected chi connectivity index (χ4v) is 4.03. The van der Waals surface area contributed by atoms with Crippen LogP contribution < -0.4 is 5.32 Å². The van der Waals surface area contributed by atoms with Gasteiger partial charge in [0.25, 0.3) is 5.91 Å². The molecular formula is C22H20F2N6O. The van der Waals surface area contributed by atoms with Crippen LogP contribution in [0.4, 0.5) is 14.6 Å². The lowest BCUT2D eigenvalue weighted by Gasteiger charge is -2.36. The zero-order chi connectivity index (χ0) is 21.4. The molecule has 158 valence electrons. The van der Waals surface area contributed by atoms with Gasteiger partial charge in [0.2, 0.25) is 0 Å². The van der Waals surface area contributed by atoms with Gasteiger partial charge in [-0.1, -0.05) is 0 Å². The third-order valence-corrected chi connectivity index (χ3v) is 5.66. The van der Waals surface area contributed by atoms with E-state index in [0.717, 1.165) is 42.4 Å². The second-order valence-corrected chi connectivity index (χ2v) is 7.67. The van der Waals surface area contributed by atoms with Gasteiger partial charge in [0.1, 0.15) is 5.82 Å². The number of hydrogen-bond donors (Lipinski definition) is 2. The van der Waals surface area contributed by atoms with Crippen molar-refractivity contribution in [1.29, 1.82) is 0 Å². The summed E-state index contributed by atoms with van der Waals surface area (Å²) in [6.45, 7) is 1.17. The Labute approximate surface area is 176 Å². The van der Waals surface area contributed by atoms with Crippen LogP contribution in [0, 0.1) is 11.6 Å². The van der Waals surface area contributed by atoms with E-state index in [2.05, 4.69) is 25.3 Å². The Morgan fingerprint density at radius 1 is 1.10 bits per heavy atom. The van der Waals surface area contributed by atoms with Gasteiger partial charge in [-0.15, -0.1) is 0 Å². The average Bonchev–Trinajstić information content (AvgIpc) is 3.26. The van der Waals surface area contributed by atoms with Gasteiger partial charge in [-0.3, -0.25) is 9.78 Å². The molecule has 1 aliphatic heterocycles. The van der Waals surface area contributed by atoms with Gasteiger partial charge < -0.3 is 15.2 Å². The second-order valence-electron chi connectivity index (χ2n) is 7.67. The molecule has 0 radical (unpaired) electrons. The van der Waals surface area contributed by atoms with E-state index >= 15 is 0 Å². The number of rotatable bonds is 4. The minimum Gasteiger partial charge on any atom is -0.367 e. The first-order valence-electron chi connectivity index (χ1n) is 10.2. The number of aromatic nitrogens is 4. The molecule has 9 heteroatoms. The summed E-state index contributed by atoms with van der Waals surface area (Å²) >= 11 is 0. The molecular weight excluding hydrogens is 402 g/mol. The van der Waals surface area contributed by atoms with Gasteiger partial charge in [-0.05, 0) is 37.5 Å². The molecule has 4 aromatic rings. The van der Waals surface area contributed by atoms with Crippen LogP contribution in [0.15, 0.2) is 42.9 Å². The Morgan fingerprint density at radius 2 is 1.94 bits per heavy atom. The standard InChI is InChI=1S/C22H20F2N6O/c23-15-8-19-20(9-16(15)24)29-21(11-25-19)26-10-14-3-1-2-6-30(14)22(31)13-4-5-17-18(7-13)28-12-27-17/h4-5,7-9,11-12,14H,1-3,6,10H2,(H,26,29)(H,27,28). The van der Waals surface area contributed by atoms with Gasteiger partial charge in [-0.25, -0.2) is 18.7 Å². The maximum absolute atomic E-state index is 13.5. The number of imidazole rings is 1. The Kier molecular flexibility index (Phi) is 4.93. The molecule has 1 unspecified atom stereocenters. The highest BCUT2D eigenvalue weighted by Gasteiger charge is 2.27. The number of fused-ring (bicyclic) bond motifs is 2. The first-order valence-corrected chi connectivity index (χ1v) is 10.2. The van der Waals surface area contributed by atoms with Gasteiger partial charge >= 0.3 is 0 Å². The van der Waals surface area contributed by atoms with Crippen molar-refractivity contribution in [2.75, 3.05) is 18.4 Å². The van der Waals surface area contributed by atoms with Crippen LogP contribution in [0.1, 0.15) is 29.6 Å². The highest BCUT2D eigenvalue weighted by atomic mass is 19.2. The number of piperidine rings is 1. The Balaban J connectivity index is 1.33. The SMILES string of the molecule is O=C(c1ccc2nc[nH]c2c1)N1CCCCC1CNc1cnc2cc(F)c(F)cc2n1. The van der Waals surface area contributed by atoms with Crippen LogP contribution in [-0.4, -0.2) is 49.9 Å². The van der Waals surface area contributed by atoms with Crippen LogP contribution in [0.5, 0.6) is 0 Å². The summed E-state index contributed by atoms with van der Waals surface area (Å²) in [5, 5.41) is 3.20. The minimum atomic E-state index is -0.961. The van der Waals surface area contributed by atoms with Crippen molar-refractivity contribution in [3.63, 3.8) is 0 Å². The smallest absolute Gasteiger partial charge is 0.254 e. The Hall–Kier alpha value is -3.62. The largest absolute Gasteiger partial charge is 0.367 e. The summed E-state index contributed by atoms with van der Waals surface area (Å²) in [6.07, 6.45) is 5.95. The number of likely N-dealkylation sites (tertiary alicyclic amines) is 1. The topological polar surface area (TPSA) is 86.8 Å². The molecule has 7 nitrogen and oxygen atoms in total. The van der Waals surface area contributed by atoms with E-state index in [-0.39, 0.29) is 23.0 Å². The van der Waals surface area contributed by atoms with Crippen molar-refractivity contribution in [3.8, 4) is 0 Å². The molecule has 2 N–H and O–H groups in total. The van der Waals surface area contributed by atoms with Crippen molar-refractivity contribution < 1.29 is 13.6 Å². The molecule has 0 spiro atoms. The number of benzene rings is 2. The van der Waals surface area contributed by atoms with Crippen LogP contribution in [0.3, 0.4) is 0 Å². The molecule has 2 aromatic carbocycles. The molecule has 0 saturated carbocycles. The fourth-order valence-electron chi connectivity index (χ4n) is 4.03. The quantitative estimate of drug-likeness (QED) is 0.521. The van der Waals surface area contributed by atoms with Crippen LogP contribution in [-0.2, 0) is 0 Å². The normalized spacial score (nSPS) is 16.7. The molecule has 1 amide bonds. The number of anilines is 1. The fraction of sp³-hybridized carbons (Fsp3) is 0.273. The molecule has 1 atom stereocenters. The van der Waals surface area contributed by atoms with Gasteiger partial charge in [0.05, 0.1) is 34.6 Å². The van der Waals surface area contributed by atoms with Gasteiger partial charge in [0.15, 0.2) is 11.6 Å². The third kappa shape index (κ3) is 3.78. The van der Waals surface area contributed by atoms with Crippen LogP contribution in [0.2, 0.25) is 0 Å². The molecule has 1 aliphatic rings. The first-order chi connectivity index (χ1) is 15.1. The lowest BCUT2D eigenvalue weighted by molar-refractivity contribution is 0.0628. The lowest BCUT2D eigenvalue weighted by Crippen LogP contribution is -2.47. The molecule has 0 aliphatic carbocycles. The highest BCUT2D eigenvalue weighted by Crippen LogP contribution is 2.22. The predicted molar refractivity (Wildman–Crippen MR) is 113 cm³/mol. The predicted octanol–water partition coefficient (Wildman–Crippen LogP) is 3.89. The van der Waals surface area contributed by atoms with E-state index in [1.165, 1.54) is 6.20 Å². The molecule has 3 heterocycles. The molecule has 0 bridgehead atoms. The second kappa shape index (κ2) is 7.90. The molecule has 1 fully saturated rings. The lowest BCUT2D eigenvalue weighted by atomic mass is 10.0. The van der Waals surface area contributed by atoms with E-state index in [1.807, 2.05) is 17.0 Å². The first kappa shape index (κ1) is 19.3. The number of nitrogens with zero attached hydrogens (tertiary/aromatic N) is 4. The summed E-state index contributed by atoms with van der Waals surface area (Å²) in [4.78, 5) is 30.8. The zero-order valence-electron chi connectivity index (χ0n) is 16.6. The highest BCUT2D eigenvalue weighted by molar-refractivity contribution is 5.97. The third-order valence-electron chi connectivity index (χ3n) is 5.66. The van der Waals surface area contributed by atoms with Crippen LogP contribution >= 0.6 is 0 Å². The molecule has 5 rings (SSSR count). The van der Waals surface area contributed by atoms with Crippen LogP contribution in [0.25, 0.3) is 22.1 Å². The van der Waals surface area contributed by atoms with Crippen molar-refractivity contribution in [1.82, 2.24) is 24.8 Å². The van der Waals surface area contributed by atoms with E-state index in [4.69, 9.17) is 0 Å². The average molecular weight is 422 g/mol. The van der Waals surface area contributed by atoms with E-state index in [1.54, 1.807) is 12.4 Å². The number of hydrogen-bond acceptors (Lipinski definition) is 5. The van der Waals surface area contributed by atoms with Gasteiger partial charge in [-0.2, -0.15) is 0 Å². The summed E-state index contributed by atoms with van der Waals surface area (Å²) in [6, 6.07) is 7.51. The van der Waals surface area contributed by atoms with Gasteiger partial charge in [0, 0.05) is 36.8 Å². The summed E-state index contributed by atoms with van der Waals surface area (Å²) in [7, 11) is 0. The number of amides is 1. The van der Waals surface area contributed by atoms with Crippen molar-refractivity contribution in [3.05, 3.63) is 60.1 Å². The van der Waals surface area contributed by atoms with Crippen molar-refractivity contribution in [2.45, 2.75) is 25.3 Å². The maximum atomic E-state index is 13.5. The Morgan fingerprint density at radius 3 is 2.81 bits per heavy atom. The number of H-pyrrole nitrogens is 1. The number of halogens is 2. The van der Waals surface area contributed by atoms with Crippen molar-refractivity contribution in [2.24, 2.45) is 0 Å². The Bertz CT molecular complexity index is 1270. The van der Waals surface area contributed by atoms with E-state index in [0.29, 0.717) is 24.5 Å². The maximum Gasteiger partial charge on any atom is 0.254 e. The minimum absolute atomic E-state index is 0.0128.